The molecule has 0 fully saturated rings. The van der Waals surface area contributed by atoms with Crippen LogP contribution in [0.5, 0.6) is 0 Å². The molecule has 0 saturated carbocycles. The Bertz CT molecular complexity index is 1150. The van der Waals surface area contributed by atoms with Gasteiger partial charge in [0.15, 0.2) is 0 Å². The molecule has 148 valence electrons. The first-order valence-electron chi connectivity index (χ1n) is 9.40. The molecule has 3 aromatic rings. The molecule has 0 saturated heterocycles. The molecule has 8 nitrogen and oxygen atoms in total. The number of rotatable bonds is 5. The van der Waals surface area contributed by atoms with Gasteiger partial charge in [0.25, 0.3) is 0 Å². The molecule has 2 heterocycles. The van der Waals surface area contributed by atoms with E-state index >= 15 is 0 Å². The van der Waals surface area contributed by atoms with Gasteiger partial charge in [-0.25, -0.2) is 4.68 Å². The highest BCUT2D eigenvalue weighted by molar-refractivity contribution is 5.75. The summed E-state index contributed by atoms with van der Waals surface area (Å²) >= 11 is 0. The van der Waals surface area contributed by atoms with Crippen molar-refractivity contribution in [1.82, 2.24) is 19.7 Å². The second-order valence-electron chi connectivity index (χ2n) is 6.97. The fraction of sp³-hybridized carbons (Fsp3) is 0.238. The van der Waals surface area contributed by atoms with Crippen LogP contribution in [-0.4, -0.2) is 26.8 Å². The summed E-state index contributed by atoms with van der Waals surface area (Å²) in [5.41, 5.74) is 1.50. The van der Waals surface area contributed by atoms with Gasteiger partial charge >= 0.3 is 11.1 Å². The summed E-state index contributed by atoms with van der Waals surface area (Å²) in [6.07, 6.45) is 0. The molecule has 1 N–H and O–H groups in total. The van der Waals surface area contributed by atoms with Crippen molar-refractivity contribution in [1.29, 1.82) is 0 Å². The number of carbonyl (C=O) groups is 1. The summed E-state index contributed by atoms with van der Waals surface area (Å²) in [6, 6.07) is 17.3. The quantitative estimate of drug-likeness (QED) is 0.660. The number of benzene rings is 2. The molecular weight excluding hydrogens is 370 g/mol. The first kappa shape index (κ1) is 18.7. The van der Waals surface area contributed by atoms with Gasteiger partial charge in [0.05, 0.1) is 0 Å². The minimum Gasteiger partial charge on any atom is -0.350 e. The maximum absolute atomic E-state index is 12.5. The SMILES string of the molecule is Cc1ccc(CNC(=O)Cn2nc3n(c(=O)c2=O)CCN3c2ccccc2)cc1. The van der Waals surface area contributed by atoms with E-state index in [2.05, 4.69) is 10.4 Å². The molecule has 1 amide bonds. The van der Waals surface area contributed by atoms with Gasteiger partial charge in [0, 0.05) is 25.3 Å². The Morgan fingerprint density at radius 2 is 1.72 bits per heavy atom. The van der Waals surface area contributed by atoms with E-state index in [1.54, 1.807) is 0 Å². The molecule has 4 rings (SSSR count). The van der Waals surface area contributed by atoms with Crippen LogP contribution in [0.15, 0.2) is 64.2 Å². The van der Waals surface area contributed by atoms with Gasteiger partial charge in [0.1, 0.15) is 6.54 Å². The van der Waals surface area contributed by atoms with E-state index in [1.807, 2.05) is 66.4 Å². The van der Waals surface area contributed by atoms with Crippen LogP contribution in [0.3, 0.4) is 0 Å². The first-order valence-corrected chi connectivity index (χ1v) is 9.40. The molecule has 0 radical (unpaired) electrons. The van der Waals surface area contributed by atoms with Crippen molar-refractivity contribution >= 4 is 17.5 Å². The lowest BCUT2D eigenvalue weighted by Gasteiger charge is -2.17. The van der Waals surface area contributed by atoms with Gasteiger partial charge in [-0.3, -0.25) is 19.0 Å². The number of carbonyl (C=O) groups excluding carboxylic acids is 1. The minimum absolute atomic E-state index is 0.309. The van der Waals surface area contributed by atoms with Crippen molar-refractivity contribution in [2.45, 2.75) is 26.6 Å². The zero-order valence-corrected chi connectivity index (χ0v) is 16.0. The standard InChI is InChI=1S/C21H21N5O3/c1-15-7-9-16(10-8-15)13-22-18(27)14-26-20(29)19(28)25-12-11-24(21(25)23-26)17-5-3-2-4-6-17/h2-10H,11-14H2,1H3,(H,22,27). The lowest BCUT2D eigenvalue weighted by Crippen LogP contribution is -2.44. The van der Waals surface area contributed by atoms with E-state index in [9.17, 15) is 14.4 Å². The first-order chi connectivity index (χ1) is 14.0. The van der Waals surface area contributed by atoms with E-state index in [0.29, 0.717) is 25.6 Å². The number of amides is 1. The number of hydrogen-bond acceptors (Lipinski definition) is 5. The maximum atomic E-state index is 12.5. The predicted octanol–water partition coefficient (Wildman–Crippen LogP) is 1.18. The van der Waals surface area contributed by atoms with Crippen LogP contribution >= 0.6 is 0 Å². The highest BCUT2D eigenvalue weighted by Crippen LogP contribution is 2.25. The molecule has 0 aliphatic carbocycles. The van der Waals surface area contributed by atoms with Gasteiger partial charge in [-0.15, -0.1) is 5.10 Å². The largest absolute Gasteiger partial charge is 0.350 e. The van der Waals surface area contributed by atoms with E-state index < -0.39 is 11.1 Å². The van der Waals surface area contributed by atoms with E-state index in [4.69, 9.17) is 0 Å². The fourth-order valence-electron chi connectivity index (χ4n) is 3.28. The van der Waals surface area contributed by atoms with E-state index in [0.717, 1.165) is 21.5 Å². The van der Waals surface area contributed by atoms with E-state index in [1.165, 1.54) is 4.57 Å². The number of aryl methyl sites for hydroxylation is 1. The summed E-state index contributed by atoms with van der Waals surface area (Å²) in [7, 11) is 0. The molecule has 1 aliphatic heterocycles. The number of fused-ring (bicyclic) bond motifs is 1. The topological polar surface area (TPSA) is 89.2 Å². The Labute approximate surface area is 167 Å². The van der Waals surface area contributed by atoms with Crippen LogP contribution in [0.25, 0.3) is 0 Å². The molecule has 29 heavy (non-hydrogen) atoms. The molecule has 0 spiro atoms. The Balaban J connectivity index is 1.54. The van der Waals surface area contributed by atoms with Crippen LogP contribution in [0.1, 0.15) is 11.1 Å². The van der Waals surface area contributed by atoms with Gasteiger partial charge in [0.2, 0.25) is 11.9 Å². The van der Waals surface area contributed by atoms with Crippen LogP contribution in [-0.2, 0) is 24.4 Å². The summed E-state index contributed by atoms with van der Waals surface area (Å²) < 4.78 is 2.30. The van der Waals surface area contributed by atoms with Crippen LogP contribution < -0.4 is 21.3 Å². The smallest absolute Gasteiger partial charge is 0.333 e. The fourth-order valence-corrected chi connectivity index (χ4v) is 3.28. The van der Waals surface area contributed by atoms with Crippen LogP contribution in [0, 0.1) is 6.92 Å². The molecule has 1 aromatic heterocycles. The molecule has 2 aromatic carbocycles. The second-order valence-corrected chi connectivity index (χ2v) is 6.97. The number of aromatic nitrogens is 3. The lowest BCUT2D eigenvalue weighted by atomic mass is 10.1. The third-order valence-corrected chi connectivity index (χ3v) is 4.87. The highest BCUT2D eigenvalue weighted by Gasteiger charge is 2.26. The van der Waals surface area contributed by atoms with E-state index in [-0.39, 0.29) is 12.5 Å². The van der Waals surface area contributed by atoms with Crippen molar-refractivity contribution in [3.05, 3.63) is 86.4 Å². The van der Waals surface area contributed by atoms with Gasteiger partial charge < -0.3 is 10.2 Å². The maximum Gasteiger partial charge on any atom is 0.333 e. The van der Waals surface area contributed by atoms with Crippen molar-refractivity contribution in [3.8, 4) is 0 Å². The molecule has 0 unspecified atom stereocenters. The Morgan fingerprint density at radius 1 is 1.00 bits per heavy atom. The zero-order chi connectivity index (χ0) is 20.4. The number of anilines is 2. The van der Waals surface area contributed by atoms with Crippen molar-refractivity contribution < 1.29 is 4.79 Å². The number of hydrogen-bond donors (Lipinski definition) is 1. The van der Waals surface area contributed by atoms with Crippen LogP contribution in [0.4, 0.5) is 11.6 Å². The summed E-state index contributed by atoms with van der Waals surface area (Å²) in [6.45, 7) is 2.94. The number of nitrogens with zero attached hydrogens (tertiary/aromatic N) is 4. The summed E-state index contributed by atoms with van der Waals surface area (Å²) in [5.74, 6) is -0.0130. The predicted molar refractivity (Wildman–Crippen MR) is 109 cm³/mol. The molecular formula is C21H21N5O3. The van der Waals surface area contributed by atoms with Gasteiger partial charge in [-0.1, -0.05) is 48.0 Å². The third kappa shape index (κ3) is 3.82. The highest BCUT2D eigenvalue weighted by atomic mass is 16.2. The summed E-state index contributed by atoms with van der Waals surface area (Å²) in [4.78, 5) is 39.1. The normalized spacial score (nSPS) is 12.7. The Morgan fingerprint density at radius 3 is 2.45 bits per heavy atom. The van der Waals surface area contributed by atoms with Crippen LogP contribution in [0.2, 0.25) is 0 Å². The van der Waals surface area contributed by atoms with Crippen molar-refractivity contribution in [3.63, 3.8) is 0 Å². The second kappa shape index (κ2) is 7.75. The van der Waals surface area contributed by atoms with Gasteiger partial charge in [-0.2, -0.15) is 0 Å². The lowest BCUT2D eigenvalue weighted by molar-refractivity contribution is -0.122. The number of nitrogens with one attached hydrogen (secondary N) is 1. The Kier molecular flexibility index (Phi) is 4.99. The van der Waals surface area contributed by atoms with Crippen molar-refractivity contribution in [2.75, 3.05) is 11.4 Å². The number of para-hydroxylation sites is 1. The monoisotopic (exact) mass is 391 g/mol. The third-order valence-electron chi connectivity index (χ3n) is 4.87. The zero-order valence-electron chi connectivity index (χ0n) is 16.0. The Hall–Kier alpha value is -3.68. The van der Waals surface area contributed by atoms with Gasteiger partial charge in [-0.05, 0) is 24.6 Å². The average molecular weight is 391 g/mol. The molecule has 0 atom stereocenters. The average Bonchev–Trinajstić information content (AvgIpc) is 3.16. The molecule has 1 aliphatic rings. The van der Waals surface area contributed by atoms with Crippen molar-refractivity contribution in [2.24, 2.45) is 0 Å². The molecule has 0 bridgehead atoms. The molecule has 8 heteroatoms. The summed E-state index contributed by atoms with van der Waals surface area (Å²) in [5, 5.41) is 7.07. The minimum atomic E-state index is -0.797.